The van der Waals surface area contributed by atoms with Crippen LogP contribution < -0.4 is 0 Å². The average molecular weight is 338 g/mol. The molecule has 0 bridgehead atoms. The number of aliphatic hydroxyl groups is 1. The fourth-order valence-corrected chi connectivity index (χ4v) is 4.65. The second-order valence-electron chi connectivity index (χ2n) is 7.94. The van der Waals surface area contributed by atoms with Crippen LogP contribution >= 0.6 is 0 Å². The summed E-state index contributed by atoms with van der Waals surface area (Å²) in [7, 11) is 0. The van der Waals surface area contributed by atoms with Gasteiger partial charge < -0.3 is 10.0 Å². The molecule has 2 aromatic carbocycles. The Morgan fingerprint density at radius 2 is 1.60 bits per heavy atom. The Hall–Kier alpha value is -1.42. The monoisotopic (exact) mass is 338 g/mol. The lowest BCUT2D eigenvalue weighted by Gasteiger charge is -2.30. The second kappa shape index (κ2) is 7.86. The van der Waals surface area contributed by atoms with E-state index in [1.165, 1.54) is 55.2 Å². The molecule has 3 heteroatoms. The number of benzene rings is 2. The summed E-state index contributed by atoms with van der Waals surface area (Å²) in [6.45, 7) is 7.14. The zero-order chi connectivity index (χ0) is 17.1. The van der Waals surface area contributed by atoms with E-state index >= 15 is 0 Å². The normalized spacial score (nSPS) is 25.6. The fraction of sp³-hybridized carbons (Fsp3) is 0.545. The summed E-state index contributed by atoms with van der Waals surface area (Å²) >= 11 is 0. The van der Waals surface area contributed by atoms with Crippen molar-refractivity contribution in [2.24, 2.45) is 11.8 Å². The summed E-state index contributed by atoms with van der Waals surface area (Å²) in [6.07, 6.45) is 4.08. The highest BCUT2D eigenvalue weighted by Gasteiger charge is 2.33. The summed E-state index contributed by atoms with van der Waals surface area (Å²) in [5.41, 5.74) is 1.38. The van der Waals surface area contributed by atoms with Crippen LogP contribution in [0.1, 0.15) is 24.8 Å². The van der Waals surface area contributed by atoms with Gasteiger partial charge in [-0.3, -0.25) is 4.90 Å². The van der Waals surface area contributed by atoms with Crippen molar-refractivity contribution in [2.45, 2.75) is 25.8 Å². The SMILES string of the molecule is OC[C@@H]1CN(Cc2ccc3ccccc3c2)C[C@@H]1CN1CCCCC1. The maximum Gasteiger partial charge on any atom is 0.0475 e. The summed E-state index contributed by atoms with van der Waals surface area (Å²) in [5, 5.41) is 12.5. The van der Waals surface area contributed by atoms with Gasteiger partial charge in [0, 0.05) is 32.8 Å². The quantitative estimate of drug-likeness (QED) is 0.905. The molecule has 134 valence electrons. The van der Waals surface area contributed by atoms with E-state index in [1.54, 1.807) is 0 Å². The van der Waals surface area contributed by atoms with Crippen LogP contribution in [0.3, 0.4) is 0 Å². The molecule has 2 aliphatic heterocycles. The van der Waals surface area contributed by atoms with Crippen LogP contribution in [-0.2, 0) is 6.54 Å². The van der Waals surface area contributed by atoms with Gasteiger partial charge in [-0.1, -0.05) is 42.8 Å². The molecule has 0 spiro atoms. The molecule has 4 rings (SSSR count). The average Bonchev–Trinajstić information content (AvgIpc) is 3.03. The van der Waals surface area contributed by atoms with E-state index in [-0.39, 0.29) is 0 Å². The molecule has 0 aromatic heterocycles. The number of hydrogen-bond donors (Lipinski definition) is 1. The van der Waals surface area contributed by atoms with Gasteiger partial charge in [0.15, 0.2) is 0 Å². The third-order valence-corrected chi connectivity index (χ3v) is 6.05. The van der Waals surface area contributed by atoms with Crippen LogP contribution in [0, 0.1) is 11.8 Å². The molecule has 2 aromatic rings. The lowest BCUT2D eigenvalue weighted by Crippen LogP contribution is -2.37. The highest BCUT2D eigenvalue weighted by atomic mass is 16.3. The van der Waals surface area contributed by atoms with Crippen molar-refractivity contribution in [3.63, 3.8) is 0 Å². The lowest BCUT2D eigenvalue weighted by molar-refractivity contribution is 0.149. The summed E-state index contributed by atoms with van der Waals surface area (Å²) in [5.74, 6) is 1.05. The highest BCUT2D eigenvalue weighted by Crippen LogP contribution is 2.27. The van der Waals surface area contributed by atoms with Gasteiger partial charge in [0.05, 0.1) is 0 Å². The number of aliphatic hydroxyl groups excluding tert-OH is 1. The second-order valence-corrected chi connectivity index (χ2v) is 7.94. The molecule has 3 nitrogen and oxygen atoms in total. The Morgan fingerprint density at radius 1 is 0.840 bits per heavy atom. The van der Waals surface area contributed by atoms with Crippen LogP contribution in [0.5, 0.6) is 0 Å². The molecule has 2 aliphatic rings. The van der Waals surface area contributed by atoms with Crippen LogP contribution in [0.4, 0.5) is 0 Å². The third-order valence-electron chi connectivity index (χ3n) is 6.05. The van der Waals surface area contributed by atoms with E-state index < -0.39 is 0 Å². The summed E-state index contributed by atoms with van der Waals surface area (Å²) < 4.78 is 0. The van der Waals surface area contributed by atoms with E-state index in [0.29, 0.717) is 18.4 Å². The van der Waals surface area contributed by atoms with Crippen molar-refractivity contribution in [2.75, 3.05) is 39.3 Å². The third kappa shape index (κ3) is 4.05. The van der Waals surface area contributed by atoms with E-state index in [9.17, 15) is 5.11 Å². The fourth-order valence-electron chi connectivity index (χ4n) is 4.65. The molecule has 0 aliphatic carbocycles. The zero-order valence-electron chi connectivity index (χ0n) is 15.1. The number of likely N-dealkylation sites (tertiary alicyclic amines) is 2. The smallest absolute Gasteiger partial charge is 0.0475 e. The molecule has 2 fully saturated rings. The first-order chi connectivity index (χ1) is 12.3. The van der Waals surface area contributed by atoms with Crippen molar-refractivity contribution in [3.8, 4) is 0 Å². The first-order valence-corrected chi connectivity index (χ1v) is 9.85. The zero-order valence-corrected chi connectivity index (χ0v) is 15.1. The molecule has 2 atom stereocenters. The van der Waals surface area contributed by atoms with E-state index in [1.807, 2.05) is 0 Å². The predicted molar refractivity (Wildman–Crippen MR) is 104 cm³/mol. The van der Waals surface area contributed by atoms with Gasteiger partial charge in [0.25, 0.3) is 0 Å². The van der Waals surface area contributed by atoms with Crippen LogP contribution in [0.15, 0.2) is 42.5 Å². The predicted octanol–water partition coefficient (Wildman–Crippen LogP) is 3.37. The topological polar surface area (TPSA) is 26.7 Å². The number of rotatable bonds is 5. The molecule has 0 amide bonds. The van der Waals surface area contributed by atoms with E-state index in [4.69, 9.17) is 0 Å². The summed E-state index contributed by atoms with van der Waals surface area (Å²) in [4.78, 5) is 5.16. The Kier molecular flexibility index (Phi) is 5.35. The molecular weight excluding hydrogens is 308 g/mol. The minimum atomic E-state index is 0.326. The van der Waals surface area contributed by atoms with Crippen LogP contribution in [0.25, 0.3) is 10.8 Å². The standard InChI is InChI=1S/C22H30N2O/c25-17-22-16-24(15-21(22)14-23-10-4-1-5-11-23)13-18-8-9-19-6-2-3-7-20(19)12-18/h2-3,6-9,12,21-22,25H,1,4-5,10-11,13-17H2/t21-,22-/m0/s1. The molecule has 1 N–H and O–H groups in total. The van der Waals surface area contributed by atoms with E-state index in [0.717, 1.165) is 19.6 Å². The molecule has 2 heterocycles. The molecule has 25 heavy (non-hydrogen) atoms. The number of nitrogens with zero attached hydrogens (tertiary/aromatic N) is 2. The number of fused-ring (bicyclic) bond motifs is 1. The first kappa shape index (κ1) is 17.0. The highest BCUT2D eigenvalue weighted by molar-refractivity contribution is 5.82. The number of piperidine rings is 1. The lowest BCUT2D eigenvalue weighted by atomic mass is 9.95. The largest absolute Gasteiger partial charge is 0.396 e. The van der Waals surface area contributed by atoms with Crippen molar-refractivity contribution in [3.05, 3.63) is 48.0 Å². The maximum atomic E-state index is 9.85. The Balaban J connectivity index is 1.40. The Labute approximate surface area is 151 Å². The number of hydrogen-bond acceptors (Lipinski definition) is 3. The minimum absolute atomic E-state index is 0.326. The van der Waals surface area contributed by atoms with E-state index in [2.05, 4.69) is 52.3 Å². The molecule has 0 saturated carbocycles. The molecule has 2 saturated heterocycles. The van der Waals surface area contributed by atoms with Crippen molar-refractivity contribution >= 4 is 10.8 Å². The maximum absolute atomic E-state index is 9.85. The molecule has 0 radical (unpaired) electrons. The van der Waals surface area contributed by atoms with Gasteiger partial charge in [-0.25, -0.2) is 0 Å². The van der Waals surface area contributed by atoms with Crippen molar-refractivity contribution in [1.82, 2.24) is 9.80 Å². The van der Waals surface area contributed by atoms with Gasteiger partial charge in [0.1, 0.15) is 0 Å². The molecule has 0 unspecified atom stereocenters. The Bertz CT molecular complexity index is 695. The van der Waals surface area contributed by atoms with Crippen LogP contribution in [-0.4, -0.2) is 54.2 Å². The van der Waals surface area contributed by atoms with Crippen molar-refractivity contribution < 1.29 is 5.11 Å². The summed E-state index contributed by atoms with van der Waals surface area (Å²) in [6, 6.07) is 15.4. The molecular formula is C22H30N2O. The van der Waals surface area contributed by atoms with Gasteiger partial charge in [-0.2, -0.15) is 0 Å². The van der Waals surface area contributed by atoms with Crippen LogP contribution in [0.2, 0.25) is 0 Å². The van der Waals surface area contributed by atoms with Gasteiger partial charge >= 0.3 is 0 Å². The van der Waals surface area contributed by atoms with Crippen molar-refractivity contribution in [1.29, 1.82) is 0 Å². The Morgan fingerprint density at radius 3 is 2.40 bits per heavy atom. The first-order valence-electron chi connectivity index (χ1n) is 9.85. The minimum Gasteiger partial charge on any atom is -0.396 e. The van der Waals surface area contributed by atoms with Gasteiger partial charge in [-0.15, -0.1) is 0 Å². The van der Waals surface area contributed by atoms with Gasteiger partial charge in [0.2, 0.25) is 0 Å². The van der Waals surface area contributed by atoms with Gasteiger partial charge in [-0.05, 0) is 60.2 Å².